The largest absolute Gasteiger partial charge is 0.382 e. The molecule has 0 amide bonds. The van der Waals surface area contributed by atoms with Gasteiger partial charge in [0.1, 0.15) is 5.60 Å². The molecule has 3 saturated carbocycles. The third kappa shape index (κ3) is 1.88. The molecule has 3 heteroatoms. The lowest BCUT2D eigenvalue weighted by molar-refractivity contribution is -0.163. The molecule has 3 nitrogen and oxygen atoms in total. The summed E-state index contributed by atoms with van der Waals surface area (Å²) >= 11 is 0. The first-order chi connectivity index (χ1) is 11.2. The Balaban J connectivity index is 1.69. The van der Waals surface area contributed by atoms with E-state index in [0.29, 0.717) is 36.5 Å². The second-order valence-corrected chi connectivity index (χ2v) is 9.43. The number of carbonyl (C=O) groups is 2. The van der Waals surface area contributed by atoms with E-state index in [2.05, 4.69) is 19.9 Å². The summed E-state index contributed by atoms with van der Waals surface area (Å²) in [4.78, 5) is 24.1. The number of allylic oxidation sites excluding steroid dienone is 2. The molecule has 4 rings (SSSR count). The molecule has 0 aliphatic heterocycles. The molecule has 24 heavy (non-hydrogen) atoms. The molecule has 4 aliphatic rings. The van der Waals surface area contributed by atoms with Crippen LogP contribution in [0.5, 0.6) is 0 Å². The third-order valence-corrected chi connectivity index (χ3v) is 8.77. The van der Waals surface area contributed by atoms with Gasteiger partial charge >= 0.3 is 0 Å². The van der Waals surface area contributed by atoms with Crippen LogP contribution in [0, 0.1) is 34.5 Å². The highest BCUT2D eigenvalue weighted by molar-refractivity contribution is 5.91. The molecule has 0 aromatic carbocycles. The maximum Gasteiger partial charge on any atom is 0.161 e. The Morgan fingerprint density at radius 1 is 1.12 bits per heavy atom. The molecule has 1 unspecified atom stereocenters. The second kappa shape index (κ2) is 5.03. The zero-order valence-corrected chi connectivity index (χ0v) is 15.2. The van der Waals surface area contributed by atoms with Crippen LogP contribution in [0.15, 0.2) is 12.2 Å². The van der Waals surface area contributed by atoms with E-state index in [1.165, 1.54) is 0 Å². The molecule has 0 spiro atoms. The number of ketones is 2. The summed E-state index contributed by atoms with van der Waals surface area (Å²) in [7, 11) is 0. The Labute approximate surface area is 144 Å². The van der Waals surface area contributed by atoms with Crippen LogP contribution in [0.2, 0.25) is 0 Å². The minimum Gasteiger partial charge on any atom is -0.382 e. The summed E-state index contributed by atoms with van der Waals surface area (Å²) in [6, 6.07) is 0. The quantitative estimate of drug-likeness (QED) is 0.797. The van der Waals surface area contributed by atoms with Gasteiger partial charge in [-0.2, -0.15) is 0 Å². The summed E-state index contributed by atoms with van der Waals surface area (Å²) in [5, 5.41) is 11.1. The van der Waals surface area contributed by atoms with Gasteiger partial charge in [-0.05, 0) is 80.6 Å². The SMILES string of the molecule is CC(=O)[C@@]1(O)CC[C@H]2[C@@H]3CCC4CC(=O)C=C[C@]4(C)[C@H]3CC[C@@]21C. The maximum atomic E-state index is 12.2. The number of fused-ring (bicyclic) bond motifs is 5. The van der Waals surface area contributed by atoms with Crippen molar-refractivity contribution in [2.45, 2.75) is 71.3 Å². The van der Waals surface area contributed by atoms with Gasteiger partial charge in [-0.1, -0.05) is 19.9 Å². The zero-order chi connectivity index (χ0) is 17.3. The molecule has 7 atom stereocenters. The van der Waals surface area contributed by atoms with E-state index >= 15 is 0 Å². The minimum atomic E-state index is -1.13. The van der Waals surface area contributed by atoms with Crippen molar-refractivity contribution in [1.82, 2.24) is 0 Å². The van der Waals surface area contributed by atoms with Crippen LogP contribution >= 0.6 is 0 Å². The normalized spacial score (nSPS) is 53.2. The highest BCUT2D eigenvalue weighted by Crippen LogP contribution is 2.67. The number of aliphatic hydroxyl groups is 1. The smallest absolute Gasteiger partial charge is 0.161 e. The summed E-state index contributed by atoms with van der Waals surface area (Å²) in [6.07, 6.45) is 10.6. The van der Waals surface area contributed by atoms with Crippen molar-refractivity contribution in [3.05, 3.63) is 12.2 Å². The van der Waals surface area contributed by atoms with E-state index in [0.717, 1.165) is 32.1 Å². The van der Waals surface area contributed by atoms with Crippen LogP contribution in [-0.4, -0.2) is 22.3 Å². The van der Waals surface area contributed by atoms with E-state index in [9.17, 15) is 14.7 Å². The van der Waals surface area contributed by atoms with Crippen molar-refractivity contribution in [2.24, 2.45) is 34.5 Å². The lowest BCUT2D eigenvalue weighted by Crippen LogP contribution is -2.57. The standard InChI is InChI=1S/C21H30O3/c1-13(22)21(24)11-8-18-16-5-4-14-12-15(23)6-9-19(14,2)17(16)7-10-20(18,21)3/h6,9,14,16-18,24H,4-5,7-8,10-12H2,1-3H3/t14?,16-,17+,18+,19+,20+,21+/m1/s1. The second-order valence-electron chi connectivity index (χ2n) is 9.43. The van der Waals surface area contributed by atoms with Gasteiger partial charge in [0.2, 0.25) is 0 Å². The van der Waals surface area contributed by atoms with Crippen LogP contribution in [-0.2, 0) is 9.59 Å². The van der Waals surface area contributed by atoms with Crippen molar-refractivity contribution in [2.75, 3.05) is 0 Å². The first-order valence-corrected chi connectivity index (χ1v) is 9.68. The molecule has 0 aromatic heterocycles. The van der Waals surface area contributed by atoms with Gasteiger partial charge in [0.05, 0.1) is 0 Å². The number of rotatable bonds is 1. The van der Waals surface area contributed by atoms with Gasteiger partial charge in [0.25, 0.3) is 0 Å². The van der Waals surface area contributed by atoms with Crippen LogP contribution in [0.4, 0.5) is 0 Å². The third-order valence-electron chi connectivity index (χ3n) is 8.77. The highest BCUT2D eigenvalue weighted by atomic mass is 16.3. The average Bonchev–Trinajstić information content (AvgIpc) is 2.81. The molecule has 0 aromatic rings. The van der Waals surface area contributed by atoms with Crippen molar-refractivity contribution in [3.8, 4) is 0 Å². The van der Waals surface area contributed by atoms with Gasteiger partial charge in [-0.25, -0.2) is 0 Å². The van der Waals surface area contributed by atoms with E-state index in [-0.39, 0.29) is 22.4 Å². The van der Waals surface area contributed by atoms with Crippen molar-refractivity contribution < 1.29 is 14.7 Å². The van der Waals surface area contributed by atoms with Crippen LogP contribution < -0.4 is 0 Å². The maximum absolute atomic E-state index is 12.2. The number of Topliss-reactive ketones (excluding diaryl/α,β-unsaturated/α-hetero) is 1. The summed E-state index contributed by atoms with van der Waals surface area (Å²) in [5.41, 5.74) is -1.27. The summed E-state index contributed by atoms with van der Waals surface area (Å²) < 4.78 is 0. The van der Waals surface area contributed by atoms with E-state index in [1.807, 2.05) is 6.08 Å². The molecule has 0 bridgehead atoms. The van der Waals surface area contributed by atoms with Crippen molar-refractivity contribution >= 4 is 11.6 Å². The van der Waals surface area contributed by atoms with Crippen LogP contribution in [0.1, 0.15) is 65.7 Å². The molecular weight excluding hydrogens is 300 g/mol. The number of carbonyl (C=O) groups excluding carboxylic acids is 2. The Morgan fingerprint density at radius 3 is 2.54 bits per heavy atom. The topological polar surface area (TPSA) is 54.4 Å². The number of hydrogen-bond acceptors (Lipinski definition) is 3. The van der Waals surface area contributed by atoms with Gasteiger partial charge in [-0.3, -0.25) is 9.59 Å². The number of hydrogen-bond donors (Lipinski definition) is 1. The highest BCUT2D eigenvalue weighted by Gasteiger charge is 2.65. The molecule has 0 heterocycles. The van der Waals surface area contributed by atoms with Crippen molar-refractivity contribution in [1.29, 1.82) is 0 Å². The first-order valence-electron chi connectivity index (χ1n) is 9.68. The average molecular weight is 330 g/mol. The van der Waals surface area contributed by atoms with E-state index in [1.54, 1.807) is 6.92 Å². The molecule has 3 fully saturated rings. The van der Waals surface area contributed by atoms with E-state index in [4.69, 9.17) is 0 Å². The fourth-order valence-electron chi connectivity index (χ4n) is 7.23. The van der Waals surface area contributed by atoms with Gasteiger partial charge in [0, 0.05) is 11.8 Å². The Hall–Kier alpha value is -0.960. The van der Waals surface area contributed by atoms with Gasteiger partial charge in [-0.15, -0.1) is 0 Å². The lowest BCUT2D eigenvalue weighted by atomic mass is 9.45. The summed E-state index contributed by atoms with van der Waals surface area (Å²) in [6.45, 7) is 6.08. The van der Waals surface area contributed by atoms with E-state index < -0.39 is 5.60 Å². The fourth-order valence-corrected chi connectivity index (χ4v) is 7.23. The zero-order valence-electron chi connectivity index (χ0n) is 15.2. The predicted molar refractivity (Wildman–Crippen MR) is 92.3 cm³/mol. The molecule has 0 saturated heterocycles. The molecule has 4 aliphatic carbocycles. The van der Waals surface area contributed by atoms with Crippen molar-refractivity contribution in [3.63, 3.8) is 0 Å². The first kappa shape index (κ1) is 16.5. The van der Waals surface area contributed by atoms with Gasteiger partial charge < -0.3 is 5.11 Å². The summed E-state index contributed by atoms with van der Waals surface area (Å²) in [5.74, 6) is 2.32. The predicted octanol–water partition coefficient (Wildman–Crippen LogP) is 3.69. The van der Waals surface area contributed by atoms with Crippen LogP contribution in [0.3, 0.4) is 0 Å². The Kier molecular flexibility index (Phi) is 3.46. The lowest BCUT2D eigenvalue weighted by Gasteiger charge is -2.59. The fraction of sp³-hybridized carbons (Fsp3) is 0.810. The monoisotopic (exact) mass is 330 g/mol. The Morgan fingerprint density at radius 2 is 1.83 bits per heavy atom. The molecule has 1 N–H and O–H groups in total. The Bertz CT molecular complexity index is 623. The van der Waals surface area contributed by atoms with Gasteiger partial charge in [0.15, 0.2) is 11.6 Å². The van der Waals surface area contributed by atoms with Crippen LogP contribution in [0.25, 0.3) is 0 Å². The molecule has 132 valence electrons. The minimum absolute atomic E-state index is 0.0472. The molecular formula is C21H30O3. The molecule has 0 radical (unpaired) electrons.